The third kappa shape index (κ3) is 2.92. The maximum atomic E-state index is 13.7. The van der Waals surface area contributed by atoms with Crippen molar-refractivity contribution < 1.29 is 17.6 Å². The van der Waals surface area contributed by atoms with Gasteiger partial charge in [0.05, 0.1) is 6.04 Å². The van der Waals surface area contributed by atoms with E-state index in [4.69, 9.17) is 12.2 Å². The fourth-order valence-electron chi connectivity index (χ4n) is 2.32. The van der Waals surface area contributed by atoms with Gasteiger partial charge in [0.1, 0.15) is 6.17 Å². The Balaban J connectivity index is 0.000000313. The van der Waals surface area contributed by atoms with E-state index in [-0.39, 0.29) is 22.6 Å². The summed E-state index contributed by atoms with van der Waals surface area (Å²) in [6, 6.07) is 3.21. The number of nitrogens with one attached hydrogen (secondary N) is 1. The lowest BCUT2D eigenvalue weighted by molar-refractivity contribution is 0.326. The molecular weight excluding hydrogens is 318 g/mol. The molecule has 1 saturated carbocycles. The maximum absolute atomic E-state index is 13.7. The van der Waals surface area contributed by atoms with Crippen LogP contribution in [0.1, 0.15) is 42.9 Å². The van der Waals surface area contributed by atoms with Crippen molar-refractivity contribution in [3.8, 4) is 0 Å². The summed E-state index contributed by atoms with van der Waals surface area (Å²) < 4.78 is 53.2. The van der Waals surface area contributed by atoms with Crippen molar-refractivity contribution in [2.75, 3.05) is 0 Å². The summed E-state index contributed by atoms with van der Waals surface area (Å²) in [4.78, 5) is 3.83. The van der Waals surface area contributed by atoms with Gasteiger partial charge in [-0.2, -0.15) is 0 Å². The fraction of sp³-hybridized carbons (Fsp3) is 0.429. The summed E-state index contributed by atoms with van der Waals surface area (Å²) in [6.07, 6.45) is -0.0833. The summed E-state index contributed by atoms with van der Waals surface area (Å²) >= 11 is 4.81. The zero-order valence-electron chi connectivity index (χ0n) is 11.4. The average molecular weight is 331 g/mol. The van der Waals surface area contributed by atoms with E-state index in [0.717, 1.165) is 18.9 Å². The summed E-state index contributed by atoms with van der Waals surface area (Å²) in [5.41, 5.74) is 0.0973. The van der Waals surface area contributed by atoms with Gasteiger partial charge in [-0.05, 0) is 31.1 Å². The third-order valence-corrected chi connectivity index (χ3v) is 3.73. The van der Waals surface area contributed by atoms with Crippen LogP contribution in [0.15, 0.2) is 18.2 Å². The molecule has 0 saturated heterocycles. The smallest absolute Gasteiger partial charge is 0.213 e. The second-order valence-corrected chi connectivity index (χ2v) is 5.68. The number of nitrogens with zero attached hydrogens (tertiary/aromatic N) is 2. The molecule has 1 fully saturated rings. The van der Waals surface area contributed by atoms with Crippen LogP contribution in [-0.2, 0) is 0 Å². The zero-order valence-corrected chi connectivity index (χ0v) is 12.2. The second-order valence-electron chi connectivity index (χ2n) is 5.29. The Labute approximate surface area is 129 Å². The molecule has 3 nitrogen and oxygen atoms in total. The van der Waals surface area contributed by atoms with E-state index in [1.54, 1.807) is 0 Å². The molecule has 1 aromatic carbocycles. The van der Waals surface area contributed by atoms with Crippen molar-refractivity contribution in [2.45, 2.75) is 37.6 Å². The minimum Gasteiger partial charge on any atom is -0.270 e. The largest absolute Gasteiger partial charge is 0.270 e. The number of benzene rings is 1. The van der Waals surface area contributed by atoms with Gasteiger partial charge in [0.15, 0.2) is 23.6 Å². The first-order chi connectivity index (χ1) is 10.5. The van der Waals surface area contributed by atoms with E-state index < -0.39 is 30.0 Å². The average Bonchev–Trinajstić information content (AvgIpc) is 3.07. The lowest BCUT2D eigenvalue weighted by atomic mass is 10.0. The summed E-state index contributed by atoms with van der Waals surface area (Å²) in [7, 11) is 0. The van der Waals surface area contributed by atoms with Gasteiger partial charge in [0.25, 0.3) is 0 Å². The van der Waals surface area contributed by atoms with Gasteiger partial charge in [-0.3, -0.25) is 9.78 Å². The standard InChI is InChI=1S/C11H8F3N3S.C3H5F/c12-6-3-1-2-5(9(6)14)8-4-7(13)10-15-11(18)16-17(8)10;4-3-1-2-3/h1-3,7-8H,4H2,(H,16,18);3H,1-2H2. The minimum absolute atomic E-state index is 0.0226. The Morgan fingerprint density at radius 3 is 2.55 bits per heavy atom. The number of halogens is 4. The van der Waals surface area contributed by atoms with E-state index in [2.05, 4.69) is 10.1 Å². The van der Waals surface area contributed by atoms with Gasteiger partial charge in [-0.1, -0.05) is 12.1 Å². The quantitative estimate of drug-likeness (QED) is 0.623. The van der Waals surface area contributed by atoms with Crippen molar-refractivity contribution >= 4 is 12.2 Å². The van der Waals surface area contributed by atoms with E-state index in [1.807, 2.05) is 0 Å². The molecule has 2 heterocycles. The number of H-pyrrole nitrogens is 1. The van der Waals surface area contributed by atoms with Crippen LogP contribution in [0.4, 0.5) is 17.6 Å². The number of aromatic nitrogens is 3. The highest BCUT2D eigenvalue weighted by Crippen LogP contribution is 2.39. The third-order valence-electron chi connectivity index (χ3n) is 3.55. The lowest BCUT2D eigenvalue weighted by Gasteiger charge is -2.13. The Hall–Kier alpha value is -1.70. The first-order valence-corrected chi connectivity index (χ1v) is 7.28. The fourth-order valence-corrected chi connectivity index (χ4v) is 2.51. The molecule has 2 aliphatic rings. The monoisotopic (exact) mass is 331 g/mol. The van der Waals surface area contributed by atoms with Crippen molar-refractivity contribution in [1.82, 2.24) is 14.8 Å². The van der Waals surface area contributed by atoms with Crippen molar-refractivity contribution in [2.24, 2.45) is 0 Å². The normalized spacial score (nSPS) is 22.9. The van der Waals surface area contributed by atoms with Gasteiger partial charge in [0, 0.05) is 12.0 Å². The van der Waals surface area contributed by atoms with Gasteiger partial charge in [-0.25, -0.2) is 22.5 Å². The highest BCUT2D eigenvalue weighted by atomic mass is 32.1. The van der Waals surface area contributed by atoms with E-state index >= 15 is 0 Å². The van der Waals surface area contributed by atoms with Crippen LogP contribution in [0, 0.1) is 16.4 Å². The highest BCUT2D eigenvalue weighted by molar-refractivity contribution is 7.71. The van der Waals surface area contributed by atoms with Crippen LogP contribution in [0.5, 0.6) is 0 Å². The van der Waals surface area contributed by atoms with Gasteiger partial charge < -0.3 is 0 Å². The number of hydrogen-bond acceptors (Lipinski definition) is 2. The van der Waals surface area contributed by atoms with Gasteiger partial charge >= 0.3 is 0 Å². The first-order valence-electron chi connectivity index (χ1n) is 6.88. The molecule has 22 heavy (non-hydrogen) atoms. The number of fused-ring (bicyclic) bond motifs is 1. The molecule has 0 amide bonds. The predicted octanol–water partition coefficient (Wildman–Crippen LogP) is 4.34. The van der Waals surface area contributed by atoms with E-state index in [9.17, 15) is 17.6 Å². The van der Waals surface area contributed by atoms with Crippen LogP contribution in [0.2, 0.25) is 0 Å². The first kappa shape index (κ1) is 15.2. The molecule has 0 spiro atoms. The summed E-state index contributed by atoms with van der Waals surface area (Å²) in [6.45, 7) is 0. The number of rotatable bonds is 1. The lowest BCUT2D eigenvalue weighted by Crippen LogP contribution is -2.10. The van der Waals surface area contributed by atoms with Crippen molar-refractivity contribution in [1.29, 1.82) is 0 Å². The molecule has 2 atom stereocenters. The second kappa shape index (κ2) is 5.83. The van der Waals surface area contributed by atoms with Gasteiger partial charge in [0.2, 0.25) is 4.77 Å². The molecular formula is C14H13F4N3S. The van der Waals surface area contributed by atoms with Crippen molar-refractivity contribution in [3.63, 3.8) is 0 Å². The highest BCUT2D eigenvalue weighted by Gasteiger charge is 2.35. The molecule has 4 rings (SSSR count). The molecule has 0 bridgehead atoms. The SMILES string of the molecule is FC1CC1.Fc1cccc(C2CC(F)c3nc(=S)[nH]n32)c1F. The molecule has 1 aliphatic carbocycles. The zero-order chi connectivity index (χ0) is 15.9. The summed E-state index contributed by atoms with van der Waals surface area (Å²) in [5.74, 6) is -1.78. The van der Waals surface area contributed by atoms with Crippen LogP contribution >= 0.6 is 12.2 Å². The number of hydrogen-bond donors (Lipinski definition) is 1. The predicted molar refractivity (Wildman–Crippen MR) is 74.5 cm³/mol. The Bertz CT molecular complexity index is 738. The van der Waals surface area contributed by atoms with E-state index in [1.165, 1.54) is 16.8 Å². The molecule has 8 heteroatoms. The molecule has 1 aliphatic heterocycles. The molecule has 2 aromatic rings. The van der Waals surface area contributed by atoms with Crippen LogP contribution in [0.25, 0.3) is 0 Å². The topological polar surface area (TPSA) is 33.6 Å². The Morgan fingerprint density at radius 1 is 1.23 bits per heavy atom. The minimum atomic E-state index is -1.33. The Kier molecular flexibility index (Phi) is 4.03. The van der Waals surface area contributed by atoms with E-state index in [0.29, 0.717) is 0 Å². The Morgan fingerprint density at radius 2 is 1.91 bits per heavy atom. The molecule has 0 radical (unpaired) electrons. The van der Waals surface area contributed by atoms with Crippen LogP contribution < -0.4 is 0 Å². The van der Waals surface area contributed by atoms with Gasteiger partial charge in [-0.15, -0.1) is 0 Å². The van der Waals surface area contributed by atoms with Crippen molar-refractivity contribution in [3.05, 3.63) is 46.0 Å². The van der Waals surface area contributed by atoms with Crippen LogP contribution in [-0.4, -0.2) is 20.9 Å². The van der Waals surface area contributed by atoms with Crippen LogP contribution in [0.3, 0.4) is 0 Å². The molecule has 2 unspecified atom stereocenters. The summed E-state index contributed by atoms with van der Waals surface area (Å²) in [5, 5.41) is 2.67. The molecule has 1 N–H and O–H groups in total. The maximum Gasteiger partial charge on any atom is 0.213 e. The molecule has 1 aromatic heterocycles. The molecule has 118 valence electrons. The number of aromatic amines is 1. The number of alkyl halides is 2.